The summed E-state index contributed by atoms with van der Waals surface area (Å²) in [6.07, 6.45) is 8.64. The molecular weight excluding hydrogens is 466 g/mol. The van der Waals surface area contributed by atoms with Crippen LogP contribution in [-0.2, 0) is 16.0 Å². The lowest BCUT2D eigenvalue weighted by Crippen LogP contribution is -2.54. The van der Waals surface area contributed by atoms with E-state index in [0.29, 0.717) is 47.4 Å². The molecule has 0 radical (unpaired) electrons. The molecule has 3 aliphatic carbocycles. The van der Waals surface area contributed by atoms with E-state index in [9.17, 15) is 9.59 Å². The smallest absolute Gasteiger partial charge is 0.268 e. The van der Waals surface area contributed by atoms with Crippen LogP contribution in [0.3, 0.4) is 0 Å². The molecule has 2 aromatic rings. The molecule has 3 atom stereocenters. The van der Waals surface area contributed by atoms with Gasteiger partial charge in [0.2, 0.25) is 5.91 Å². The number of fused-ring (bicyclic) bond motifs is 3. The molecule has 0 unspecified atom stereocenters. The van der Waals surface area contributed by atoms with Gasteiger partial charge in [-0.1, -0.05) is 19.9 Å². The fourth-order valence-corrected chi connectivity index (χ4v) is 7.12. The number of aromatic nitrogens is 2. The predicted molar refractivity (Wildman–Crippen MR) is 143 cm³/mol. The number of hydrogen-bond acceptors (Lipinski definition) is 5. The number of nitrogens with zero attached hydrogens (tertiary/aromatic N) is 3. The minimum absolute atomic E-state index is 0.0731. The number of nitrogens with one attached hydrogen (secondary N) is 2. The molecule has 1 aliphatic heterocycles. The highest BCUT2D eigenvalue weighted by atomic mass is 16.5. The normalized spacial score (nSPS) is 25.0. The Balaban J connectivity index is 1.25. The Bertz CT molecular complexity index is 1100. The highest BCUT2D eigenvalue weighted by molar-refractivity contribution is 5.93. The topological polar surface area (TPSA) is 88.0 Å². The Morgan fingerprint density at radius 1 is 1.22 bits per heavy atom. The van der Waals surface area contributed by atoms with Crippen molar-refractivity contribution in [2.24, 2.45) is 23.2 Å². The number of carbonyl (C=O) groups excluding carboxylic acids is 2. The third-order valence-corrected chi connectivity index (χ3v) is 9.45. The number of carbonyl (C=O) groups is 2. The van der Waals surface area contributed by atoms with Crippen molar-refractivity contribution >= 4 is 17.5 Å². The summed E-state index contributed by atoms with van der Waals surface area (Å²) in [7, 11) is 1.69. The van der Waals surface area contributed by atoms with E-state index >= 15 is 0 Å². The van der Waals surface area contributed by atoms with Crippen molar-refractivity contribution in [2.75, 3.05) is 39.9 Å². The number of hydrogen-bond donors (Lipinski definition) is 2. The molecule has 37 heavy (non-hydrogen) atoms. The van der Waals surface area contributed by atoms with E-state index in [0.717, 1.165) is 44.8 Å². The molecule has 1 saturated heterocycles. The van der Waals surface area contributed by atoms with Crippen molar-refractivity contribution in [3.05, 3.63) is 35.8 Å². The summed E-state index contributed by atoms with van der Waals surface area (Å²) >= 11 is 0. The second-order valence-electron chi connectivity index (χ2n) is 11.9. The fourth-order valence-electron chi connectivity index (χ4n) is 7.12. The lowest BCUT2D eigenvalue weighted by molar-refractivity contribution is -0.133. The summed E-state index contributed by atoms with van der Waals surface area (Å²) in [6.45, 7) is 8.70. The molecule has 8 nitrogen and oxygen atoms in total. The minimum Gasteiger partial charge on any atom is -0.385 e. The van der Waals surface area contributed by atoms with Crippen LogP contribution in [-0.4, -0.2) is 72.0 Å². The van der Waals surface area contributed by atoms with Gasteiger partial charge < -0.3 is 20.3 Å². The van der Waals surface area contributed by atoms with Gasteiger partial charge >= 0.3 is 0 Å². The van der Waals surface area contributed by atoms with Crippen LogP contribution in [0.4, 0.5) is 0 Å². The Morgan fingerprint density at radius 2 is 2.03 bits per heavy atom. The third-order valence-electron chi connectivity index (χ3n) is 9.45. The first-order valence-electron chi connectivity index (χ1n) is 14.1. The van der Waals surface area contributed by atoms with Crippen molar-refractivity contribution in [2.45, 2.75) is 64.8 Å². The monoisotopic (exact) mass is 509 g/mol. The first-order chi connectivity index (χ1) is 17.9. The van der Waals surface area contributed by atoms with Gasteiger partial charge in [-0.25, -0.2) is 4.98 Å². The van der Waals surface area contributed by atoms with Crippen molar-refractivity contribution in [1.82, 2.24) is 24.9 Å². The zero-order valence-electron chi connectivity index (χ0n) is 22.7. The van der Waals surface area contributed by atoms with Gasteiger partial charge in [0.15, 0.2) is 0 Å². The number of methoxy groups -OCH3 is 1. The van der Waals surface area contributed by atoms with Gasteiger partial charge in [0.05, 0.1) is 12.1 Å². The van der Waals surface area contributed by atoms with Gasteiger partial charge in [-0.05, 0) is 86.9 Å². The van der Waals surface area contributed by atoms with Crippen molar-refractivity contribution in [1.29, 1.82) is 0 Å². The molecule has 2 aromatic heterocycles. The highest BCUT2D eigenvalue weighted by Gasteiger charge is 2.53. The Kier molecular flexibility index (Phi) is 7.86. The van der Waals surface area contributed by atoms with Gasteiger partial charge in [0.25, 0.3) is 5.91 Å². The lowest BCUT2D eigenvalue weighted by Gasteiger charge is -2.60. The quantitative estimate of drug-likeness (QED) is 0.480. The average Bonchev–Trinajstić information content (AvgIpc) is 3.32. The lowest BCUT2D eigenvalue weighted by atomic mass is 9.45. The maximum Gasteiger partial charge on any atom is 0.268 e. The molecule has 6 rings (SSSR count). The summed E-state index contributed by atoms with van der Waals surface area (Å²) in [5.41, 5.74) is 2.38. The molecule has 2 amide bonds. The van der Waals surface area contributed by atoms with Crippen LogP contribution in [0.15, 0.2) is 24.4 Å². The van der Waals surface area contributed by atoms with Crippen LogP contribution >= 0.6 is 0 Å². The van der Waals surface area contributed by atoms with Crippen molar-refractivity contribution in [3.8, 4) is 0 Å². The molecule has 4 fully saturated rings. The summed E-state index contributed by atoms with van der Waals surface area (Å²) in [4.78, 5) is 33.4. The molecule has 2 bridgehead atoms. The van der Waals surface area contributed by atoms with E-state index in [4.69, 9.17) is 9.72 Å². The first kappa shape index (κ1) is 26.2. The number of piperidine rings is 1. The van der Waals surface area contributed by atoms with Gasteiger partial charge in [-0.3, -0.25) is 14.0 Å². The highest BCUT2D eigenvalue weighted by Crippen LogP contribution is 2.61. The summed E-state index contributed by atoms with van der Waals surface area (Å²) in [6, 6.07) is 5.85. The van der Waals surface area contributed by atoms with Gasteiger partial charge in [-0.15, -0.1) is 0 Å². The van der Waals surface area contributed by atoms with E-state index in [1.165, 1.54) is 19.3 Å². The number of amides is 2. The van der Waals surface area contributed by atoms with Gasteiger partial charge in [0, 0.05) is 39.0 Å². The molecule has 4 aliphatic rings. The Labute approximate surface area is 220 Å². The Hall–Kier alpha value is -2.45. The molecule has 3 heterocycles. The zero-order valence-corrected chi connectivity index (χ0v) is 22.7. The molecule has 3 saturated carbocycles. The molecule has 202 valence electrons. The summed E-state index contributed by atoms with van der Waals surface area (Å²) in [5.74, 6) is 2.14. The van der Waals surface area contributed by atoms with Gasteiger partial charge in [0.1, 0.15) is 11.3 Å². The maximum atomic E-state index is 13.4. The molecular formula is C29H43N5O3. The largest absolute Gasteiger partial charge is 0.385 e. The average molecular weight is 510 g/mol. The molecule has 0 spiro atoms. The maximum absolute atomic E-state index is 13.4. The van der Waals surface area contributed by atoms with Crippen LogP contribution in [0.1, 0.15) is 68.6 Å². The number of imidazole rings is 1. The SMILES string of the molecule is COCCCN(C(=O)Cc1cn2c(C(=O)NC[C@@H]3CC[C@@H]4C[C@@H]3C4(C)C)cccc2n1)C1CCNCC1. The molecule has 8 heteroatoms. The van der Waals surface area contributed by atoms with E-state index in [1.807, 2.05) is 33.7 Å². The van der Waals surface area contributed by atoms with Crippen LogP contribution < -0.4 is 10.6 Å². The number of ether oxygens (including phenoxy) is 1. The molecule has 0 aromatic carbocycles. The van der Waals surface area contributed by atoms with Gasteiger partial charge in [-0.2, -0.15) is 0 Å². The van der Waals surface area contributed by atoms with Crippen LogP contribution in [0.2, 0.25) is 0 Å². The van der Waals surface area contributed by atoms with Crippen LogP contribution in [0.25, 0.3) is 5.65 Å². The minimum atomic E-state index is -0.0731. The van der Waals surface area contributed by atoms with Crippen molar-refractivity contribution in [3.63, 3.8) is 0 Å². The number of rotatable bonds is 10. The van der Waals surface area contributed by atoms with Crippen LogP contribution in [0.5, 0.6) is 0 Å². The number of pyridine rings is 1. The van der Waals surface area contributed by atoms with E-state index in [1.54, 1.807) is 7.11 Å². The predicted octanol–water partition coefficient (Wildman–Crippen LogP) is 3.30. The standard InChI is InChI=1S/C29H43N5O3/c1-29(2)21-9-8-20(24(29)16-21)18-31-28(36)25-6-4-7-26-32-22(19-34(25)26)17-27(35)33(14-5-15-37-3)23-10-12-30-13-11-23/h4,6-7,19-21,23-24,30H,5,8-18H2,1-3H3,(H,31,36)/t20-,21+,24-/m0/s1. The van der Waals surface area contributed by atoms with E-state index < -0.39 is 0 Å². The second-order valence-corrected chi connectivity index (χ2v) is 11.9. The Morgan fingerprint density at radius 3 is 2.76 bits per heavy atom. The fraction of sp³-hybridized carbons (Fsp3) is 0.690. The van der Waals surface area contributed by atoms with Crippen LogP contribution in [0, 0.1) is 23.2 Å². The van der Waals surface area contributed by atoms with E-state index in [2.05, 4.69) is 24.5 Å². The summed E-state index contributed by atoms with van der Waals surface area (Å²) < 4.78 is 7.06. The second kappa shape index (κ2) is 11.1. The zero-order chi connectivity index (χ0) is 26.0. The van der Waals surface area contributed by atoms with E-state index in [-0.39, 0.29) is 24.3 Å². The van der Waals surface area contributed by atoms with Crippen molar-refractivity contribution < 1.29 is 14.3 Å². The summed E-state index contributed by atoms with van der Waals surface area (Å²) in [5, 5.41) is 6.60. The molecule has 2 N–H and O–H groups in total. The first-order valence-corrected chi connectivity index (χ1v) is 14.1. The third kappa shape index (κ3) is 5.41.